The van der Waals surface area contributed by atoms with Crippen LogP contribution in [0.4, 0.5) is 23.7 Å². The lowest BCUT2D eigenvalue weighted by Crippen LogP contribution is -2.60. The fourth-order valence-corrected chi connectivity index (χ4v) is 4.88. The summed E-state index contributed by atoms with van der Waals surface area (Å²) >= 11 is 0. The van der Waals surface area contributed by atoms with Crippen molar-refractivity contribution in [1.29, 1.82) is 0 Å². The van der Waals surface area contributed by atoms with E-state index >= 15 is 0 Å². The van der Waals surface area contributed by atoms with Crippen LogP contribution in [0.5, 0.6) is 5.75 Å². The van der Waals surface area contributed by atoms with Gasteiger partial charge in [-0.3, -0.25) is 0 Å². The van der Waals surface area contributed by atoms with Crippen LogP contribution in [0.25, 0.3) is 16.7 Å². The molecule has 2 N–H and O–H groups in total. The predicted octanol–water partition coefficient (Wildman–Crippen LogP) is 3.44. The van der Waals surface area contributed by atoms with Crippen LogP contribution in [-0.2, 0) is 4.74 Å². The van der Waals surface area contributed by atoms with Crippen molar-refractivity contribution < 1.29 is 37.7 Å². The number of carbonyl (C=O) groups excluding carboxylic acids is 1. The number of aromatic nitrogens is 3. The first-order valence-electron chi connectivity index (χ1n) is 12.5. The second-order valence-corrected chi connectivity index (χ2v) is 11.1. The van der Waals surface area contributed by atoms with Crippen molar-refractivity contribution in [2.24, 2.45) is 5.41 Å². The Kier molecular flexibility index (Phi) is 6.62. The zero-order chi connectivity index (χ0) is 28.2. The van der Waals surface area contributed by atoms with Crippen molar-refractivity contribution in [1.82, 2.24) is 19.7 Å². The molecule has 5 rings (SSSR count). The number of amides is 1. The molecule has 0 bridgehead atoms. The van der Waals surface area contributed by atoms with E-state index in [0.29, 0.717) is 43.2 Å². The minimum absolute atomic E-state index is 0.126. The molecule has 0 unspecified atom stereocenters. The molecule has 2 aromatic heterocycles. The summed E-state index contributed by atoms with van der Waals surface area (Å²) in [5.41, 5.74) is 1.24. The Hall–Kier alpha value is -3.58. The van der Waals surface area contributed by atoms with E-state index in [1.807, 2.05) is 11.0 Å². The summed E-state index contributed by atoms with van der Waals surface area (Å²) in [6.07, 6.45) is -3.60. The third kappa shape index (κ3) is 5.33. The van der Waals surface area contributed by atoms with Crippen molar-refractivity contribution in [2.75, 3.05) is 44.3 Å². The van der Waals surface area contributed by atoms with Gasteiger partial charge < -0.3 is 29.5 Å². The molecule has 13 heteroatoms. The number of anilines is 1. The highest BCUT2D eigenvalue weighted by molar-refractivity contribution is 5.94. The number of fused-ring (bicyclic) bond motifs is 1. The Morgan fingerprint density at radius 3 is 2.28 bits per heavy atom. The molecular weight excluding hydrogens is 519 g/mol. The molecule has 1 amide bonds. The first-order chi connectivity index (χ1) is 18.3. The highest BCUT2D eigenvalue weighted by atomic mass is 19.4. The zero-order valence-electron chi connectivity index (χ0n) is 21.8. The van der Waals surface area contributed by atoms with Gasteiger partial charge >= 0.3 is 12.5 Å². The van der Waals surface area contributed by atoms with E-state index in [0.717, 1.165) is 11.1 Å². The number of pyridine rings is 1. The van der Waals surface area contributed by atoms with Crippen LogP contribution >= 0.6 is 0 Å². The van der Waals surface area contributed by atoms with Gasteiger partial charge in [0.2, 0.25) is 0 Å². The fourth-order valence-electron chi connectivity index (χ4n) is 4.88. The number of benzene rings is 1. The van der Waals surface area contributed by atoms with Crippen molar-refractivity contribution in [3.05, 3.63) is 42.2 Å². The molecule has 1 aromatic carbocycles. The van der Waals surface area contributed by atoms with E-state index in [2.05, 4.69) is 9.72 Å². The highest BCUT2D eigenvalue weighted by Crippen LogP contribution is 2.42. The van der Waals surface area contributed by atoms with Crippen LogP contribution in [0.2, 0.25) is 0 Å². The average Bonchev–Trinajstić information content (AvgIpc) is 3.16. The number of aliphatic hydroxyl groups is 2. The first kappa shape index (κ1) is 27.0. The summed E-state index contributed by atoms with van der Waals surface area (Å²) in [4.78, 5) is 20.7. The smallest absolute Gasteiger partial charge is 0.444 e. The number of likely N-dealkylation sites (tertiary alicyclic amines) is 1. The molecule has 2 saturated heterocycles. The Morgan fingerprint density at radius 1 is 1.08 bits per heavy atom. The van der Waals surface area contributed by atoms with Crippen LogP contribution in [0.1, 0.15) is 32.4 Å². The standard InChI is InChI=1S/C26H30F3N5O5/c1-24(2,3)39-23(37)32-10-16(11-32)21-20-19(33-12-25(13-33,14-35)15-36)8-9-30-22(20)34(31-21)17-4-6-18(7-5-17)38-26(27,28)29/h4-9,16,35-36H,10-15H2,1-3H3. The van der Waals surface area contributed by atoms with E-state index in [1.54, 1.807) is 36.5 Å². The van der Waals surface area contributed by atoms with Crippen LogP contribution < -0.4 is 9.64 Å². The molecule has 0 atom stereocenters. The normalized spacial score (nSPS) is 17.6. The lowest BCUT2D eigenvalue weighted by Gasteiger charge is -2.49. The van der Waals surface area contributed by atoms with Gasteiger partial charge in [-0.2, -0.15) is 5.10 Å². The third-order valence-corrected chi connectivity index (χ3v) is 6.87. The minimum Gasteiger partial charge on any atom is -0.444 e. The molecule has 0 saturated carbocycles. The molecule has 0 aliphatic carbocycles. The Balaban J connectivity index is 1.50. The maximum absolute atomic E-state index is 12.6. The second-order valence-electron chi connectivity index (χ2n) is 11.1. The van der Waals surface area contributed by atoms with Crippen LogP contribution in [0.3, 0.4) is 0 Å². The summed E-state index contributed by atoms with van der Waals surface area (Å²) in [7, 11) is 0. The molecule has 2 aliphatic rings. The number of halogens is 3. The third-order valence-electron chi connectivity index (χ3n) is 6.87. The molecule has 0 radical (unpaired) electrons. The first-order valence-corrected chi connectivity index (χ1v) is 12.5. The number of ether oxygens (including phenoxy) is 2. The lowest BCUT2D eigenvalue weighted by molar-refractivity contribution is -0.274. The molecule has 3 aromatic rings. The minimum atomic E-state index is -4.80. The number of hydrogen-bond donors (Lipinski definition) is 2. The number of aliphatic hydroxyl groups excluding tert-OH is 2. The van der Waals surface area contributed by atoms with Crippen molar-refractivity contribution in [3.8, 4) is 11.4 Å². The number of nitrogens with zero attached hydrogens (tertiary/aromatic N) is 5. The number of rotatable bonds is 6. The molecule has 39 heavy (non-hydrogen) atoms. The van der Waals surface area contributed by atoms with Gasteiger partial charge in [0, 0.05) is 38.3 Å². The summed E-state index contributed by atoms with van der Waals surface area (Å²) < 4.78 is 48.9. The van der Waals surface area contributed by atoms with E-state index in [1.165, 1.54) is 24.3 Å². The van der Waals surface area contributed by atoms with Gasteiger partial charge in [0.15, 0.2) is 5.65 Å². The van der Waals surface area contributed by atoms with Crippen LogP contribution in [0, 0.1) is 5.41 Å². The van der Waals surface area contributed by atoms with Gasteiger partial charge in [-0.15, -0.1) is 13.2 Å². The Bertz CT molecular complexity index is 1350. The van der Waals surface area contributed by atoms with Gasteiger partial charge in [0.25, 0.3) is 0 Å². The monoisotopic (exact) mass is 549 g/mol. The maximum Gasteiger partial charge on any atom is 0.573 e. The van der Waals surface area contributed by atoms with Crippen molar-refractivity contribution in [2.45, 2.75) is 38.7 Å². The van der Waals surface area contributed by atoms with Crippen molar-refractivity contribution in [3.63, 3.8) is 0 Å². The fraction of sp³-hybridized carbons (Fsp3) is 0.500. The SMILES string of the molecule is CC(C)(C)OC(=O)N1CC(c2nn(-c3ccc(OC(F)(F)F)cc3)c3nccc(N4CC(CO)(CO)C4)c23)C1. The van der Waals surface area contributed by atoms with E-state index in [4.69, 9.17) is 9.84 Å². The van der Waals surface area contributed by atoms with Crippen LogP contribution in [-0.4, -0.2) is 87.3 Å². The van der Waals surface area contributed by atoms with Crippen molar-refractivity contribution >= 4 is 22.8 Å². The molecule has 4 heterocycles. The summed E-state index contributed by atoms with van der Waals surface area (Å²) in [6, 6.07) is 7.18. The molecular formula is C26H30F3N5O5. The largest absolute Gasteiger partial charge is 0.573 e. The highest BCUT2D eigenvalue weighted by Gasteiger charge is 2.44. The van der Waals surface area contributed by atoms with E-state index in [9.17, 15) is 28.2 Å². The Labute approximate surface area is 222 Å². The molecule has 10 nitrogen and oxygen atoms in total. The van der Waals surface area contributed by atoms with E-state index < -0.39 is 23.5 Å². The van der Waals surface area contributed by atoms with E-state index in [-0.39, 0.29) is 24.9 Å². The van der Waals surface area contributed by atoms with Gasteiger partial charge in [0.1, 0.15) is 11.4 Å². The number of carbonyl (C=O) groups is 1. The molecule has 2 aliphatic heterocycles. The Morgan fingerprint density at radius 2 is 1.72 bits per heavy atom. The zero-order valence-corrected chi connectivity index (χ0v) is 21.8. The summed E-state index contributed by atoms with van der Waals surface area (Å²) in [6.45, 7) is 6.71. The quantitative estimate of drug-likeness (QED) is 0.481. The molecule has 2 fully saturated rings. The average molecular weight is 550 g/mol. The summed E-state index contributed by atoms with van der Waals surface area (Å²) in [5, 5.41) is 25.1. The molecule has 0 spiro atoms. The number of hydrogen-bond acceptors (Lipinski definition) is 8. The maximum atomic E-state index is 12.6. The van der Waals surface area contributed by atoms with Gasteiger partial charge in [0.05, 0.1) is 41.1 Å². The topological polar surface area (TPSA) is 113 Å². The predicted molar refractivity (Wildman–Crippen MR) is 135 cm³/mol. The van der Waals surface area contributed by atoms with Crippen LogP contribution in [0.15, 0.2) is 36.5 Å². The number of alkyl halides is 3. The van der Waals surface area contributed by atoms with Gasteiger partial charge in [-0.05, 0) is 51.1 Å². The second kappa shape index (κ2) is 9.56. The van der Waals surface area contributed by atoms with Gasteiger partial charge in [-0.1, -0.05) is 0 Å². The summed E-state index contributed by atoms with van der Waals surface area (Å²) in [5.74, 6) is -0.479. The molecule has 210 valence electrons. The van der Waals surface area contributed by atoms with Gasteiger partial charge in [-0.25, -0.2) is 14.5 Å². The lowest BCUT2D eigenvalue weighted by atomic mass is 9.80.